The molecule has 0 aliphatic carbocycles. The first-order valence-corrected chi connectivity index (χ1v) is 11.5. The molecule has 2 heterocycles. The van der Waals surface area contributed by atoms with Crippen LogP contribution in [0.15, 0.2) is 23.2 Å². The monoisotopic (exact) mass is 502 g/mol. The van der Waals surface area contributed by atoms with Crippen LogP contribution in [-0.4, -0.2) is 34.4 Å². The Labute approximate surface area is 192 Å². The van der Waals surface area contributed by atoms with Crippen LogP contribution in [0.5, 0.6) is 5.75 Å². The van der Waals surface area contributed by atoms with Gasteiger partial charge in [0.25, 0.3) is 0 Å². The van der Waals surface area contributed by atoms with E-state index < -0.39 is 47.3 Å². The van der Waals surface area contributed by atoms with Crippen LogP contribution in [0.25, 0.3) is 10.2 Å². The van der Waals surface area contributed by atoms with Crippen molar-refractivity contribution in [2.45, 2.75) is 26.0 Å². The van der Waals surface area contributed by atoms with Gasteiger partial charge in [-0.15, -0.1) is 23.1 Å². The van der Waals surface area contributed by atoms with Crippen molar-refractivity contribution in [1.29, 1.82) is 0 Å². The molecule has 0 N–H and O–H groups in total. The Hall–Kier alpha value is -2.73. The minimum absolute atomic E-state index is 0.156. The number of esters is 1. The summed E-state index contributed by atoms with van der Waals surface area (Å²) in [5.74, 6) is -9.92. The molecule has 0 saturated heterocycles. The Morgan fingerprint density at radius 2 is 1.79 bits per heavy atom. The standard InChI is InChI=1S/C21H15F5N2O3S2/c1-2-5-30-21(29)12-8-32-19(28-12)20-27-11-4-3-9(6-13(11)33-20)31-7-10-14(22)16(24)18(26)17(25)15(10)23/h3-4,6,12H,2,5,7-8H2,1H3. The van der Waals surface area contributed by atoms with Gasteiger partial charge in [-0.1, -0.05) is 6.92 Å². The van der Waals surface area contributed by atoms with Gasteiger partial charge in [0.1, 0.15) is 22.4 Å². The summed E-state index contributed by atoms with van der Waals surface area (Å²) < 4.78 is 78.6. The van der Waals surface area contributed by atoms with Gasteiger partial charge in [0.15, 0.2) is 29.3 Å². The lowest BCUT2D eigenvalue weighted by molar-refractivity contribution is -0.144. The molecule has 1 atom stereocenters. The number of benzene rings is 2. The number of carbonyl (C=O) groups excluding carboxylic acids is 1. The summed E-state index contributed by atoms with van der Waals surface area (Å²) in [6, 6.07) is 4.00. The minimum Gasteiger partial charge on any atom is -0.489 e. The van der Waals surface area contributed by atoms with Gasteiger partial charge in [0.05, 0.1) is 22.4 Å². The number of thioether (sulfide) groups is 1. The molecule has 12 heteroatoms. The number of aromatic nitrogens is 1. The maximum atomic E-state index is 13.8. The highest BCUT2D eigenvalue weighted by Crippen LogP contribution is 2.32. The highest BCUT2D eigenvalue weighted by atomic mass is 32.2. The molecule has 4 rings (SSSR count). The average Bonchev–Trinajstić information content (AvgIpc) is 3.47. The summed E-state index contributed by atoms with van der Waals surface area (Å²) in [4.78, 5) is 20.9. The van der Waals surface area contributed by atoms with Crippen LogP contribution >= 0.6 is 23.1 Å². The number of hydrogen-bond acceptors (Lipinski definition) is 7. The van der Waals surface area contributed by atoms with E-state index in [2.05, 4.69) is 9.98 Å². The van der Waals surface area contributed by atoms with E-state index in [1.165, 1.54) is 35.2 Å². The summed E-state index contributed by atoms with van der Waals surface area (Å²) in [7, 11) is 0. The van der Waals surface area contributed by atoms with Crippen molar-refractivity contribution in [3.63, 3.8) is 0 Å². The number of thiazole rings is 1. The third-order valence-electron chi connectivity index (χ3n) is 4.60. The maximum Gasteiger partial charge on any atom is 0.331 e. The lowest BCUT2D eigenvalue weighted by Crippen LogP contribution is -2.21. The van der Waals surface area contributed by atoms with Crippen LogP contribution < -0.4 is 4.74 Å². The molecule has 0 fully saturated rings. The van der Waals surface area contributed by atoms with E-state index in [1.807, 2.05) is 6.92 Å². The van der Waals surface area contributed by atoms with E-state index >= 15 is 0 Å². The number of fused-ring (bicyclic) bond motifs is 1. The quantitative estimate of drug-likeness (QED) is 0.188. The molecule has 33 heavy (non-hydrogen) atoms. The van der Waals surface area contributed by atoms with Gasteiger partial charge < -0.3 is 9.47 Å². The van der Waals surface area contributed by atoms with E-state index in [0.29, 0.717) is 32.6 Å². The molecule has 0 saturated carbocycles. The molecule has 1 aromatic heterocycles. The summed E-state index contributed by atoms with van der Waals surface area (Å²) in [6.07, 6.45) is 0.717. The normalized spacial score (nSPS) is 15.7. The smallest absolute Gasteiger partial charge is 0.331 e. The Kier molecular flexibility index (Phi) is 6.84. The molecule has 1 aliphatic rings. The molecular formula is C21H15F5N2O3S2. The molecule has 3 aromatic rings. The number of hydrogen-bond donors (Lipinski definition) is 0. The maximum absolute atomic E-state index is 13.8. The van der Waals surface area contributed by atoms with Crippen molar-refractivity contribution in [3.05, 3.63) is 57.9 Å². The summed E-state index contributed by atoms with van der Waals surface area (Å²) in [5, 5.41) is 1.18. The lowest BCUT2D eigenvalue weighted by Gasteiger charge is -2.10. The number of carbonyl (C=O) groups is 1. The average molecular weight is 502 g/mol. The first kappa shape index (κ1) is 23.4. The van der Waals surface area contributed by atoms with Crippen LogP contribution in [0.3, 0.4) is 0 Å². The van der Waals surface area contributed by atoms with Crippen molar-refractivity contribution in [1.82, 2.24) is 4.98 Å². The topological polar surface area (TPSA) is 60.8 Å². The zero-order valence-electron chi connectivity index (χ0n) is 17.0. The molecule has 0 amide bonds. The van der Waals surface area contributed by atoms with Crippen molar-refractivity contribution < 1.29 is 36.2 Å². The first-order valence-electron chi connectivity index (χ1n) is 9.71. The molecule has 0 bridgehead atoms. The predicted octanol–water partition coefficient (Wildman–Crippen LogP) is 5.39. The number of aliphatic imine (C=N–C) groups is 1. The SMILES string of the molecule is CCCOC(=O)C1CSC(c2nc3ccc(OCc4c(F)c(F)c(F)c(F)c4F)cc3s2)=N1. The van der Waals surface area contributed by atoms with Gasteiger partial charge >= 0.3 is 5.97 Å². The van der Waals surface area contributed by atoms with Crippen LogP contribution in [-0.2, 0) is 16.1 Å². The van der Waals surface area contributed by atoms with Crippen molar-refractivity contribution in [3.8, 4) is 5.75 Å². The second kappa shape index (κ2) is 9.64. The van der Waals surface area contributed by atoms with Crippen LogP contribution in [0, 0.1) is 29.1 Å². The Morgan fingerprint density at radius 1 is 1.09 bits per heavy atom. The second-order valence-electron chi connectivity index (χ2n) is 6.91. The zero-order valence-corrected chi connectivity index (χ0v) is 18.6. The number of nitrogens with zero attached hydrogens (tertiary/aromatic N) is 2. The Morgan fingerprint density at radius 3 is 2.48 bits per heavy atom. The zero-order chi connectivity index (χ0) is 23.7. The van der Waals surface area contributed by atoms with Gasteiger partial charge in [-0.25, -0.2) is 31.7 Å². The highest BCUT2D eigenvalue weighted by molar-refractivity contribution is 8.15. The van der Waals surface area contributed by atoms with E-state index in [0.717, 1.165) is 6.42 Å². The van der Waals surface area contributed by atoms with E-state index in [4.69, 9.17) is 9.47 Å². The molecule has 0 radical (unpaired) electrons. The number of rotatable bonds is 7. The fraction of sp³-hybridized carbons (Fsp3) is 0.286. The fourth-order valence-corrected chi connectivity index (χ4v) is 5.01. The largest absolute Gasteiger partial charge is 0.489 e. The lowest BCUT2D eigenvalue weighted by atomic mass is 10.2. The highest BCUT2D eigenvalue weighted by Gasteiger charge is 2.29. The first-order chi connectivity index (χ1) is 15.8. The molecule has 174 valence electrons. The molecule has 5 nitrogen and oxygen atoms in total. The number of halogens is 5. The molecular weight excluding hydrogens is 487 g/mol. The van der Waals surface area contributed by atoms with Crippen molar-refractivity contribution in [2.75, 3.05) is 12.4 Å². The van der Waals surface area contributed by atoms with Crippen LogP contribution in [0.2, 0.25) is 0 Å². The van der Waals surface area contributed by atoms with Gasteiger partial charge in [0, 0.05) is 5.75 Å². The minimum atomic E-state index is -2.22. The van der Waals surface area contributed by atoms with Gasteiger partial charge in [-0.3, -0.25) is 4.99 Å². The van der Waals surface area contributed by atoms with Crippen LogP contribution in [0.4, 0.5) is 22.0 Å². The summed E-state index contributed by atoms with van der Waals surface area (Å²) in [5.41, 5.74) is -0.465. The van der Waals surface area contributed by atoms with Gasteiger partial charge in [-0.05, 0) is 24.6 Å². The van der Waals surface area contributed by atoms with Crippen LogP contribution in [0.1, 0.15) is 23.9 Å². The van der Waals surface area contributed by atoms with Gasteiger partial charge in [0.2, 0.25) is 5.82 Å². The summed E-state index contributed by atoms with van der Waals surface area (Å²) >= 11 is 2.64. The molecule has 0 spiro atoms. The molecule has 1 aliphatic heterocycles. The second-order valence-corrected chi connectivity index (χ2v) is 8.95. The third kappa shape index (κ3) is 4.67. The van der Waals surface area contributed by atoms with Gasteiger partial charge in [-0.2, -0.15) is 0 Å². The predicted molar refractivity (Wildman–Crippen MR) is 114 cm³/mol. The van der Waals surface area contributed by atoms with Crippen molar-refractivity contribution in [2.24, 2.45) is 4.99 Å². The Balaban J connectivity index is 1.51. The third-order valence-corrected chi connectivity index (χ3v) is 6.81. The fourth-order valence-electron chi connectivity index (χ4n) is 2.93. The number of ether oxygens (including phenoxy) is 2. The summed E-state index contributed by atoms with van der Waals surface area (Å²) in [6.45, 7) is 1.38. The van der Waals surface area contributed by atoms with Crippen molar-refractivity contribution >= 4 is 44.3 Å². The Bertz CT molecular complexity index is 1240. The molecule has 2 aromatic carbocycles. The van der Waals surface area contributed by atoms with E-state index in [9.17, 15) is 26.7 Å². The van der Waals surface area contributed by atoms with E-state index in [1.54, 1.807) is 6.07 Å². The molecule has 1 unspecified atom stereocenters. The van der Waals surface area contributed by atoms with E-state index in [-0.39, 0.29) is 11.7 Å².